The normalized spacial score (nSPS) is 9.53. The van der Waals surface area contributed by atoms with Gasteiger partial charge < -0.3 is 19.6 Å². The number of carboxylic acids is 1. The van der Waals surface area contributed by atoms with Gasteiger partial charge in [-0.05, 0) is 61.0 Å². The Morgan fingerprint density at radius 1 is 0.625 bits per heavy atom. The van der Waals surface area contributed by atoms with Gasteiger partial charge in [0.2, 0.25) is 0 Å². The van der Waals surface area contributed by atoms with Crippen molar-refractivity contribution in [3.8, 4) is 0 Å². The van der Waals surface area contributed by atoms with E-state index in [9.17, 15) is 9.59 Å². The van der Waals surface area contributed by atoms with E-state index < -0.39 is 11.9 Å². The van der Waals surface area contributed by atoms with E-state index in [2.05, 4.69) is 56.6 Å². The van der Waals surface area contributed by atoms with E-state index in [0.29, 0.717) is 0 Å². The summed E-state index contributed by atoms with van der Waals surface area (Å²) in [5.41, 5.74) is 0. The van der Waals surface area contributed by atoms with Crippen molar-refractivity contribution in [3.05, 3.63) is 0 Å². The molecular formula is C24H54Br2N2O4. The second-order valence-corrected chi connectivity index (χ2v) is 8.17. The second kappa shape index (κ2) is 35.4. The van der Waals surface area contributed by atoms with Gasteiger partial charge in [-0.3, -0.25) is 0 Å². The molecular weight excluding hydrogens is 540 g/mol. The summed E-state index contributed by atoms with van der Waals surface area (Å²) in [5, 5.41) is 7.84. The van der Waals surface area contributed by atoms with Crippen LogP contribution in [0.4, 0.5) is 0 Å². The molecule has 1 N–H and O–H groups in total. The van der Waals surface area contributed by atoms with Crippen LogP contribution in [0, 0.1) is 0 Å². The van der Waals surface area contributed by atoms with Crippen molar-refractivity contribution >= 4 is 45.9 Å². The number of carboxylic acid groups (broad SMARTS) is 1. The molecule has 0 aromatic carbocycles. The van der Waals surface area contributed by atoms with E-state index in [1.807, 2.05) is 0 Å². The fourth-order valence-electron chi connectivity index (χ4n) is 2.61. The number of hydrogen-bond acceptors (Lipinski definition) is 5. The number of esters is 1. The van der Waals surface area contributed by atoms with Crippen molar-refractivity contribution in [1.29, 1.82) is 0 Å². The van der Waals surface area contributed by atoms with Crippen molar-refractivity contribution in [2.24, 2.45) is 0 Å². The summed E-state index contributed by atoms with van der Waals surface area (Å²) in [4.78, 5) is 24.1. The molecule has 0 aromatic rings. The Bertz CT molecular complexity index is 352. The minimum atomic E-state index is -1.55. The third kappa shape index (κ3) is 47.6. The lowest BCUT2D eigenvalue weighted by Gasteiger charge is -2.08. The van der Waals surface area contributed by atoms with E-state index >= 15 is 0 Å². The summed E-state index contributed by atoms with van der Waals surface area (Å²) in [7, 11) is 8.58. The lowest BCUT2D eigenvalue weighted by molar-refractivity contribution is -0.163. The van der Waals surface area contributed by atoms with E-state index in [1.165, 1.54) is 90.1 Å². The first-order valence-corrected chi connectivity index (χ1v) is 11.9. The molecule has 32 heavy (non-hydrogen) atoms. The molecule has 0 aliphatic carbocycles. The van der Waals surface area contributed by atoms with Crippen LogP contribution in [0.3, 0.4) is 0 Å². The third-order valence-corrected chi connectivity index (χ3v) is 4.37. The fourth-order valence-corrected chi connectivity index (χ4v) is 2.61. The minimum Gasteiger partial charge on any atom is -0.473 e. The Hall–Kier alpha value is -0.180. The molecule has 0 fully saturated rings. The molecule has 6 nitrogen and oxygen atoms in total. The number of ether oxygens (including phenoxy) is 1. The van der Waals surface area contributed by atoms with E-state index in [1.54, 1.807) is 6.92 Å². The molecule has 0 saturated carbocycles. The van der Waals surface area contributed by atoms with E-state index in [0.717, 1.165) is 0 Å². The topological polar surface area (TPSA) is 70.1 Å². The van der Waals surface area contributed by atoms with Crippen LogP contribution in [-0.4, -0.2) is 74.7 Å². The van der Waals surface area contributed by atoms with Gasteiger partial charge in [-0.1, -0.05) is 78.1 Å². The zero-order valence-corrected chi connectivity index (χ0v) is 25.4. The maximum atomic E-state index is 9.92. The van der Waals surface area contributed by atoms with Gasteiger partial charge in [-0.25, -0.2) is 9.59 Å². The second-order valence-electron chi connectivity index (χ2n) is 8.17. The van der Waals surface area contributed by atoms with Crippen molar-refractivity contribution < 1.29 is 19.4 Å². The Balaban J connectivity index is -0.000000112. The molecule has 0 radical (unpaired) electrons. The van der Waals surface area contributed by atoms with Crippen LogP contribution in [0.5, 0.6) is 0 Å². The van der Waals surface area contributed by atoms with Crippen LogP contribution in [-0.2, 0) is 14.3 Å². The highest BCUT2D eigenvalue weighted by molar-refractivity contribution is 8.93. The molecule has 0 heterocycles. The largest absolute Gasteiger partial charge is 0.473 e. The van der Waals surface area contributed by atoms with E-state index in [4.69, 9.17) is 5.11 Å². The minimum absolute atomic E-state index is 0. The molecule has 0 spiro atoms. The summed E-state index contributed by atoms with van der Waals surface area (Å²) >= 11 is 0. The van der Waals surface area contributed by atoms with Crippen LogP contribution in [0.15, 0.2) is 0 Å². The molecule has 0 aliphatic heterocycles. The van der Waals surface area contributed by atoms with Gasteiger partial charge in [0, 0.05) is 0 Å². The molecule has 0 atom stereocenters. The molecule has 0 unspecified atom stereocenters. The number of hydrogen-bond donors (Lipinski definition) is 1. The highest BCUT2D eigenvalue weighted by Crippen LogP contribution is 2.05. The van der Waals surface area contributed by atoms with Crippen LogP contribution in [0.1, 0.15) is 97.8 Å². The third-order valence-electron chi connectivity index (χ3n) is 4.37. The average Bonchev–Trinajstić information content (AvgIpc) is 2.68. The monoisotopic (exact) mass is 592 g/mol. The summed E-state index contributed by atoms with van der Waals surface area (Å²) in [5.74, 6) is -2.75. The summed E-state index contributed by atoms with van der Waals surface area (Å²) in [6, 6.07) is 0. The quantitative estimate of drug-likeness (QED) is 0.131. The molecule has 8 heteroatoms. The van der Waals surface area contributed by atoms with Crippen LogP contribution < -0.4 is 0 Å². The molecule has 0 aliphatic rings. The first-order chi connectivity index (χ1) is 14.2. The van der Waals surface area contributed by atoms with Crippen LogP contribution in [0.25, 0.3) is 0 Å². The first kappa shape index (κ1) is 42.0. The number of carbonyl (C=O) groups is 2. The number of unbranched alkanes of at least 4 members (excludes halogenated alkanes) is 10. The number of halogens is 2. The van der Waals surface area contributed by atoms with Crippen LogP contribution in [0.2, 0.25) is 0 Å². The Labute approximate surface area is 220 Å². The average molecular weight is 595 g/mol. The van der Waals surface area contributed by atoms with Gasteiger partial charge in [0.1, 0.15) is 0 Å². The lowest BCUT2D eigenvalue weighted by Crippen LogP contribution is -2.15. The molecule has 198 valence electrons. The lowest BCUT2D eigenvalue weighted by atomic mass is 10.1. The molecule has 0 bridgehead atoms. The highest BCUT2D eigenvalue weighted by Gasteiger charge is 2.09. The van der Waals surface area contributed by atoms with Gasteiger partial charge in [0.15, 0.2) is 0 Å². The van der Waals surface area contributed by atoms with Gasteiger partial charge in [-0.2, -0.15) is 0 Å². The number of aliphatic carboxylic acids is 1. The van der Waals surface area contributed by atoms with Gasteiger partial charge in [0.25, 0.3) is 0 Å². The van der Waals surface area contributed by atoms with Crippen molar-refractivity contribution in [2.45, 2.75) is 97.8 Å². The number of rotatable bonds is 15. The van der Waals surface area contributed by atoms with Gasteiger partial charge >= 0.3 is 11.9 Å². The summed E-state index contributed by atoms with van der Waals surface area (Å²) in [6.45, 7) is 8.68. The fraction of sp³-hybridized carbons (Fsp3) is 0.917. The Kier molecular flexibility index (Phi) is 46.5. The Morgan fingerprint density at radius 2 is 0.938 bits per heavy atom. The number of nitrogens with zero attached hydrogens (tertiary/aromatic N) is 2. The highest BCUT2D eigenvalue weighted by atomic mass is 79.9. The van der Waals surface area contributed by atoms with Gasteiger partial charge in [0.05, 0.1) is 6.61 Å². The predicted octanol–water partition coefficient (Wildman–Crippen LogP) is 6.61. The molecule has 0 amide bonds. The SMILES string of the molecule is Br.Br.CCCCCCCCN(C)C.CCCCCCCCN(C)C.CCOC(=O)C(=O)O. The smallest absolute Gasteiger partial charge is 0.417 e. The standard InChI is InChI=1S/2C10H23N.C4H6O4.2BrH/c2*1-4-5-6-7-8-9-10-11(2)3;1-2-8-4(7)3(5)6;;/h2*4-10H2,1-3H3;2H2,1H3,(H,5,6);2*1H. The molecule has 0 saturated heterocycles. The number of carbonyl (C=O) groups excluding carboxylic acids is 1. The van der Waals surface area contributed by atoms with Crippen molar-refractivity contribution in [2.75, 3.05) is 47.9 Å². The summed E-state index contributed by atoms with van der Waals surface area (Å²) < 4.78 is 4.06. The maximum Gasteiger partial charge on any atom is 0.417 e. The zero-order valence-electron chi connectivity index (χ0n) is 22.0. The predicted molar refractivity (Wildman–Crippen MR) is 149 cm³/mol. The molecule has 0 aromatic heterocycles. The zero-order chi connectivity index (χ0) is 23.6. The van der Waals surface area contributed by atoms with Crippen LogP contribution >= 0.6 is 34.0 Å². The Morgan fingerprint density at radius 3 is 1.16 bits per heavy atom. The molecule has 0 rings (SSSR count). The van der Waals surface area contributed by atoms with Gasteiger partial charge in [-0.15, -0.1) is 34.0 Å². The van der Waals surface area contributed by atoms with Crippen molar-refractivity contribution in [1.82, 2.24) is 9.80 Å². The van der Waals surface area contributed by atoms with Crippen molar-refractivity contribution in [3.63, 3.8) is 0 Å². The maximum absolute atomic E-state index is 9.92. The summed E-state index contributed by atoms with van der Waals surface area (Å²) in [6.07, 6.45) is 16.9. The first-order valence-electron chi connectivity index (χ1n) is 11.9. The van der Waals surface area contributed by atoms with E-state index in [-0.39, 0.29) is 40.6 Å².